The van der Waals surface area contributed by atoms with Crippen LogP contribution in [0.3, 0.4) is 0 Å². The molecule has 116 valence electrons. The van der Waals surface area contributed by atoms with E-state index < -0.39 is 23.2 Å². The maximum atomic E-state index is 12.2. The Morgan fingerprint density at radius 3 is 1.71 bits per heavy atom. The summed E-state index contributed by atoms with van der Waals surface area (Å²) in [5, 5.41) is 17.3. The highest BCUT2D eigenvalue weighted by Crippen LogP contribution is 2.19. The van der Waals surface area contributed by atoms with Crippen molar-refractivity contribution in [3.05, 3.63) is 59.2 Å². The molecule has 0 saturated carbocycles. The van der Waals surface area contributed by atoms with Gasteiger partial charge in [0, 0.05) is 0 Å². The normalized spacial score (nSPS) is 9.10. The maximum absolute atomic E-state index is 12.2. The lowest BCUT2D eigenvalue weighted by molar-refractivity contribution is 0.387. The fraction of sp³-hybridized carbons (Fsp3) is 0.200. The van der Waals surface area contributed by atoms with Gasteiger partial charge in [-0.1, -0.05) is 13.8 Å². The van der Waals surface area contributed by atoms with Gasteiger partial charge in [-0.05, 0) is 42.8 Å². The number of aromatic hydroxyl groups is 2. The number of rotatable bonds is 0. The molecule has 0 unspecified atom stereocenters. The average Bonchev–Trinajstić information content (AvgIpc) is 2.48. The van der Waals surface area contributed by atoms with Gasteiger partial charge in [-0.15, -0.1) is 0 Å². The van der Waals surface area contributed by atoms with Crippen molar-refractivity contribution < 1.29 is 27.8 Å². The van der Waals surface area contributed by atoms with E-state index in [1.54, 1.807) is 6.92 Å². The fourth-order valence-electron chi connectivity index (χ4n) is 1.13. The Morgan fingerprint density at radius 1 is 0.762 bits per heavy atom. The summed E-state index contributed by atoms with van der Waals surface area (Å²) in [6.07, 6.45) is 0. The van der Waals surface area contributed by atoms with Gasteiger partial charge < -0.3 is 10.2 Å². The Labute approximate surface area is 120 Å². The number of hydrogen-bond donors (Lipinski definition) is 2. The zero-order valence-electron chi connectivity index (χ0n) is 11.8. The minimum atomic E-state index is -1.65. The number of phenolic OH excluding ortho intramolecular Hbond substituents is 2. The zero-order chi connectivity index (χ0) is 16.6. The van der Waals surface area contributed by atoms with Crippen LogP contribution in [-0.2, 0) is 0 Å². The van der Waals surface area contributed by atoms with Crippen LogP contribution in [-0.4, -0.2) is 10.2 Å². The maximum Gasteiger partial charge on any atom is 0.203 e. The van der Waals surface area contributed by atoms with Gasteiger partial charge in [0.15, 0.2) is 17.4 Å². The summed E-state index contributed by atoms with van der Waals surface area (Å²) in [6, 6.07) is 5.24. The van der Waals surface area contributed by atoms with Gasteiger partial charge in [-0.2, -0.15) is 4.39 Å². The van der Waals surface area contributed by atoms with Crippen LogP contribution in [0.2, 0.25) is 0 Å². The van der Waals surface area contributed by atoms with Gasteiger partial charge in [0.25, 0.3) is 0 Å². The zero-order valence-corrected chi connectivity index (χ0v) is 11.8. The Hall–Kier alpha value is -2.24. The van der Waals surface area contributed by atoms with Crippen LogP contribution in [0.5, 0.6) is 11.5 Å². The van der Waals surface area contributed by atoms with Crippen molar-refractivity contribution in [2.45, 2.75) is 20.8 Å². The molecule has 2 rings (SSSR count). The van der Waals surface area contributed by atoms with E-state index in [2.05, 4.69) is 0 Å². The molecule has 0 fully saturated rings. The predicted octanol–water partition coefficient (Wildman–Crippen LogP) is 4.68. The van der Waals surface area contributed by atoms with Crippen LogP contribution in [0.4, 0.5) is 17.6 Å². The topological polar surface area (TPSA) is 40.5 Å². The third-order valence-electron chi connectivity index (χ3n) is 2.17. The summed E-state index contributed by atoms with van der Waals surface area (Å²) in [7, 11) is 0. The first-order chi connectivity index (χ1) is 9.82. The molecule has 0 bridgehead atoms. The summed E-state index contributed by atoms with van der Waals surface area (Å²) >= 11 is 0. The number of halogens is 4. The van der Waals surface area contributed by atoms with Crippen molar-refractivity contribution in [3.63, 3.8) is 0 Å². The van der Waals surface area contributed by atoms with E-state index in [1.807, 2.05) is 13.8 Å². The lowest BCUT2D eigenvalue weighted by Crippen LogP contribution is -1.88. The molecule has 0 radical (unpaired) electrons. The summed E-state index contributed by atoms with van der Waals surface area (Å²) in [4.78, 5) is 0. The molecule has 0 spiro atoms. The van der Waals surface area contributed by atoms with E-state index in [0.717, 1.165) is 6.07 Å². The van der Waals surface area contributed by atoms with Crippen LogP contribution < -0.4 is 0 Å². The average molecular weight is 304 g/mol. The number of phenols is 2. The van der Waals surface area contributed by atoms with Crippen LogP contribution in [0, 0.1) is 30.2 Å². The second-order valence-electron chi connectivity index (χ2n) is 3.63. The molecular weight excluding hydrogens is 288 g/mol. The molecule has 0 amide bonds. The van der Waals surface area contributed by atoms with Gasteiger partial charge >= 0.3 is 0 Å². The molecule has 0 aliphatic carbocycles. The molecule has 21 heavy (non-hydrogen) atoms. The molecular formula is C15H16F4O2. The monoisotopic (exact) mass is 304 g/mol. The van der Waals surface area contributed by atoms with E-state index in [9.17, 15) is 17.6 Å². The van der Waals surface area contributed by atoms with Crippen molar-refractivity contribution >= 4 is 0 Å². The lowest BCUT2D eigenvalue weighted by atomic mass is 10.2. The minimum absolute atomic E-state index is 0.136. The Bertz CT molecular complexity index is 559. The highest BCUT2D eigenvalue weighted by atomic mass is 19.2. The van der Waals surface area contributed by atoms with E-state index in [1.165, 1.54) is 18.2 Å². The molecule has 6 heteroatoms. The molecule has 0 heterocycles. The van der Waals surface area contributed by atoms with Crippen molar-refractivity contribution in [1.82, 2.24) is 0 Å². The largest absolute Gasteiger partial charge is 0.508 e. The van der Waals surface area contributed by atoms with Crippen LogP contribution in [0.25, 0.3) is 0 Å². The second kappa shape index (κ2) is 8.84. The van der Waals surface area contributed by atoms with Gasteiger partial charge in [0.1, 0.15) is 11.6 Å². The smallest absolute Gasteiger partial charge is 0.203 e. The van der Waals surface area contributed by atoms with Gasteiger partial charge in [0.2, 0.25) is 5.82 Å². The standard InChI is InChI=1S/C7H7FO.C6H3F3O.C2H6/c1-5-4-6(8)2-3-7(5)9;7-3-1-2-4(10)6(9)5(3)8;1-2/h2-4,9H,1H3;1-2,10H;1-2H3. The SMILES string of the molecule is CC.Cc1cc(F)ccc1O.Oc1ccc(F)c(F)c1F. The first-order valence-electron chi connectivity index (χ1n) is 6.10. The van der Waals surface area contributed by atoms with Crippen molar-refractivity contribution in [3.8, 4) is 11.5 Å². The summed E-state index contributed by atoms with van der Waals surface area (Å²) in [5.41, 5.74) is 0.565. The number of benzene rings is 2. The third-order valence-corrected chi connectivity index (χ3v) is 2.17. The summed E-state index contributed by atoms with van der Waals surface area (Å²) < 4.78 is 48.5. The Balaban J connectivity index is 0.000000342. The van der Waals surface area contributed by atoms with Gasteiger partial charge in [-0.25, -0.2) is 13.2 Å². The molecule has 2 N–H and O–H groups in total. The fourth-order valence-corrected chi connectivity index (χ4v) is 1.13. The Morgan fingerprint density at radius 2 is 1.29 bits per heavy atom. The van der Waals surface area contributed by atoms with Gasteiger partial charge in [-0.3, -0.25) is 0 Å². The summed E-state index contributed by atoms with van der Waals surface area (Å²) in [5.74, 6) is -5.59. The van der Waals surface area contributed by atoms with E-state index in [4.69, 9.17) is 10.2 Å². The molecule has 0 aliphatic heterocycles. The van der Waals surface area contributed by atoms with Gasteiger partial charge in [0.05, 0.1) is 0 Å². The molecule has 0 atom stereocenters. The highest BCUT2D eigenvalue weighted by molar-refractivity contribution is 5.30. The molecule has 0 saturated heterocycles. The minimum Gasteiger partial charge on any atom is -0.508 e. The number of aryl methyl sites for hydroxylation is 1. The predicted molar refractivity (Wildman–Crippen MR) is 72.1 cm³/mol. The summed E-state index contributed by atoms with van der Waals surface area (Å²) in [6.45, 7) is 5.65. The molecule has 2 aromatic carbocycles. The third kappa shape index (κ3) is 5.72. The van der Waals surface area contributed by atoms with E-state index in [-0.39, 0.29) is 11.6 Å². The molecule has 0 aliphatic rings. The first-order valence-corrected chi connectivity index (χ1v) is 6.10. The van der Waals surface area contributed by atoms with Crippen LogP contribution >= 0.6 is 0 Å². The highest BCUT2D eigenvalue weighted by Gasteiger charge is 2.11. The molecule has 2 aromatic rings. The quantitative estimate of drug-likeness (QED) is 0.548. The first kappa shape index (κ1) is 18.8. The molecule has 0 aromatic heterocycles. The van der Waals surface area contributed by atoms with E-state index >= 15 is 0 Å². The Kier molecular flexibility index (Phi) is 7.89. The van der Waals surface area contributed by atoms with Crippen molar-refractivity contribution in [2.24, 2.45) is 0 Å². The van der Waals surface area contributed by atoms with Crippen molar-refractivity contribution in [2.75, 3.05) is 0 Å². The lowest BCUT2D eigenvalue weighted by Gasteiger charge is -1.95. The van der Waals surface area contributed by atoms with Crippen LogP contribution in [0.15, 0.2) is 30.3 Å². The molecule has 2 nitrogen and oxygen atoms in total. The second-order valence-corrected chi connectivity index (χ2v) is 3.63. The van der Waals surface area contributed by atoms with Crippen LogP contribution in [0.1, 0.15) is 19.4 Å². The number of hydrogen-bond acceptors (Lipinski definition) is 2. The van der Waals surface area contributed by atoms with E-state index in [0.29, 0.717) is 11.6 Å². The van der Waals surface area contributed by atoms with Crippen molar-refractivity contribution in [1.29, 1.82) is 0 Å².